The molecule has 15 heavy (non-hydrogen) atoms. The molecule has 0 saturated heterocycles. The van der Waals surface area contributed by atoms with Crippen molar-refractivity contribution < 1.29 is 9.21 Å². The van der Waals surface area contributed by atoms with Crippen molar-refractivity contribution >= 4 is 11.6 Å². The van der Waals surface area contributed by atoms with Crippen LogP contribution in [0.1, 0.15) is 43.7 Å². The van der Waals surface area contributed by atoms with Gasteiger partial charge in [-0.25, -0.2) is 5.43 Å². The maximum Gasteiger partial charge on any atom is 0.307 e. The Balaban J connectivity index is 2.39. The minimum atomic E-state index is -0.309. The molecule has 1 N–H and O–H groups in total. The molecular formula is C11H16N2O2. The summed E-state index contributed by atoms with van der Waals surface area (Å²) in [5.74, 6) is -0.0297. The van der Waals surface area contributed by atoms with E-state index in [4.69, 9.17) is 4.42 Å². The third-order valence-electron chi connectivity index (χ3n) is 1.99. The Kier molecular flexibility index (Phi) is 4.60. The fourth-order valence-electron chi connectivity index (χ4n) is 1.10. The summed E-state index contributed by atoms with van der Waals surface area (Å²) in [4.78, 5) is 11.4. The van der Waals surface area contributed by atoms with Crippen molar-refractivity contribution in [2.45, 2.75) is 33.1 Å². The van der Waals surface area contributed by atoms with Gasteiger partial charge in [0, 0.05) is 5.71 Å². The number of carbonyl (C=O) groups excluding carboxylic acids is 1. The smallest absolute Gasteiger partial charge is 0.307 e. The van der Waals surface area contributed by atoms with E-state index >= 15 is 0 Å². The van der Waals surface area contributed by atoms with Gasteiger partial charge in [-0.15, -0.1) is 0 Å². The molecule has 0 atom stereocenters. The fourth-order valence-corrected chi connectivity index (χ4v) is 1.10. The Morgan fingerprint density at radius 2 is 2.40 bits per heavy atom. The van der Waals surface area contributed by atoms with Gasteiger partial charge in [-0.3, -0.25) is 4.79 Å². The zero-order valence-electron chi connectivity index (χ0n) is 9.12. The number of nitrogens with zero attached hydrogens (tertiary/aromatic N) is 1. The lowest BCUT2D eigenvalue weighted by Crippen LogP contribution is -2.18. The van der Waals surface area contributed by atoms with Crippen molar-refractivity contribution in [3.8, 4) is 0 Å². The van der Waals surface area contributed by atoms with E-state index in [1.165, 1.54) is 6.26 Å². The molecule has 4 heteroatoms. The minimum absolute atomic E-state index is 0.280. The van der Waals surface area contributed by atoms with Crippen molar-refractivity contribution in [2.24, 2.45) is 5.10 Å². The van der Waals surface area contributed by atoms with E-state index in [1.807, 2.05) is 6.92 Å². The first kappa shape index (κ1) is 11.5. The minimum Gasteiger partial charge on any atom is -0.459 e. The molecule has 0 spiro atoms. The zero-order valence-corrected chi connectivity index (χ0v) is 9.12. The molecule has 1 rings (SSSR count). The van der Waals surface area contributed by atoms with E-state index in [0.29, 0.717) is 0 Å². The van der Waals surface area contributed by atoms with E-state index in [9.17, 15) is 4.79 Å². The third-order valence-corrected chi connectivity index (χ3v) is 1.99. The average molecular weight is 208 g/mol. The molecule has 4 nitrogen and oxygen atoms in total. The molecule has 1 heterocycles. The molecule has 0 saturated carbocycles. The fraction of sp³-hybridized carbons (Fsp3) is 0.455. The van der Waals surface area contributed by atoms with Crippen LogP contribution in [-0.4, -0.2) is 11.6 Å². The second-order valence-corrected chi connectivity index (χ2v) is 3.37. The lowest BCUT2D eigenvalue weighted by molar-refractivity contribution is 0.0927. The molecule has 0 aliphatic heterocycles. The molecule has 1 aromatic heterocycles. The third kappa shape index (κ3) is 3.97. The number of furan rings is 1. The van der Waals surface area contributed by atoms with Crippen LogP contribution in [-0.2, 0) is 0 Å². The van der Waals surface area contributed by atoms with E-state index in [2.05, 4.69) is 17.5 Å². The highest BCUT2D eigenvalue weighted by Gasteiger charge is 2.06. The summed E-state index contributed by atoms with van der Waals surface area (Å²) in [6.45, 7) is 4.02. The normalized spacial score (nSPS) is 11.5. The topological polar surface area (TPSA) is 54.6 Å². The number of nitrogens with one attached hydrogen (secondary N) is 1. The van der Waals surface area contributed by atoms with Gasteiger partial charge in [-0.05, 0) is 31.9 Å². The van der Waals surface area contributed by atoms with Gasteiger partial charge in [0.1, 0.15) is 0 Å². The second-order valence-electron chi connectivity index (χ2n) is 3.37. The predicted molar refractivity (Wildman–Crippen MR) is 58.8 cm³/mol. The van der Waals surface area contributed by atoms with Crippen LogP contribution in [0.4, 0.5) is 0 Å². The quantitative estimate of drug-likeness (QED) is 0.597. The average Bonchev–Trinajstić information content (AvgIpc) is 2.76. The van der Waals surface area contributed by atoms with Gasteiger partial charge in [0.15, 0.2) is 5.76 Å². The Bertz CT molecular complexity index is 328. The summed E-state index contributed by atoms with van der Waals surface area (Å²) >= 11 is 0. The van der Waals surface area contributed by atoms with Gasteiger partial charge in [0.2, 0.25) is 0 Å². The van der Waals surface area contributed by atoms with E-state index in [1.54, 1.807) is 12.1 Å². The Hall–Kier alpha value is -1.58. The largest absolute Gasteiger partial charge is 0.459 e. The molecule has 0 unspecified atom stereocenters. The molecule has 1 aromatic rings. The van der Waals surface area contributed by atoms with Crippen LogP contribution < -0.4 is 5.43 Å². The number of unbranched alkanes of at least 4 members (excludes halogenated alkanes) is 1. The van der Waals surface area contributed by atoms with Gasteiger partial charge >= 0.3 is 5.91 Å². The van der Waals surface area contributed by atoms with Gasteiger partial charge in [0.05, 0.1) is 6.26 Å². The van der Waals surface area contributed by atoms with E-state index < -0.39 is 0 Å². The highest BCUT2D eigenvalue weighted by atomic mass is 16.3. The number of hydrogen-bond donors (Lipinski definition) is 1. The molecule has 0 radical (unpaired) electrons. The maximum atomic E-state index is 11.4. The Morgan fingerprint density at radius 1 is 1.60 bits per heavy atom. The standard InChI is InChI=1S/C11H16N2O2/c1-3-4-6-9(2)12-13-11(14)10-7-5-8-15-10/h5,7-8H,3-4,6H2,1-2H3,(H,13,14). The molecule has 82 valence electrons. The molecule has 0 aromatic carbocycles. The number of hydrazone groups is 1. The first-order valence-corrected chi connectivity index (χ1v) is 5.11. The van der Waals surface area contributed by atoms with Gasteiger partial charge in [0.25, 0.3) is 0 Å². The number of hydrogen-bond acceptors (Lipinski definition) is 3. The number of rotatable bonds is 5. The van der Waals surface area contributed by atoms with Gasteiger partial charge in [-0.2, -0.15) is 5.10 Å². The van der Waals surface area contributed by atoms with Crippen LogP contribution in [0.25, 0.3) is 0 Å². The number of carbonyl (C=O) groups is 1. The zero-order chi connectivity index (χ0) is 11.1. The summed E-state index contributed by atoms with van der Waals surface area (Å²) in [5, 5.41) is 3.97. The first-order chi connectivity index (χ1) is 7.24. The SMILES string of the molecule is CCCCC(C)=NNC(=O)c1ccco1. The molecule has 0 aliphatic rings. The first-order valence-electron chi connectivity index (χ1n) is 5.11. The summed E-state index contributed by atoms with van der Waals surface area (Å²) in [7, 11) is 0. The number of amides is 1. The summed E-state index contributed by atoms with van der Waals surface area (Å²) in [6.07, 6.45) is 4.59. The van der Waals surface area contributed by atoms with Crippen molar-refractivity contribution in [1.29, 1.82) is 0 Å². The lowest BCUT2D eigenvalue weighted by atomic mass is 10.2. The molecule has 1 amide bonds. The maximum absolute atomic E-state index is 11.4. The molecular weight excluding hydrogens is 192 g/mol. The predicted octanol–water partition coefficient (Wildman–Crippen LogP) is 2.58. The van der Waals surface area contributed by atoms with Crippen LogP contribution in [0, 0.1) is 0 Å². The van der Waals surface area contributed by atoms with Crippen LogP contribution in [0.2, 0.25) is 0 Å². The Morgan fingerprint density at radius 3 is 3.00 bits per heavy atom. The summed E-state index contributed by atoms with van der Waals surface area (Å²) in [6, 6.07) is 3.27. The molecule has 0 fully saturated rings. The van der Waals surface area contributed by atoms with Crippen molar-refractivity contribution in [2.75, 3.05) is 0 Å². The summed E-state index contributed by atoms with van der Waals surface area (Å²) < 4.78 is 4.93. The second kappa shape index (κ2) is 6.01. The highest BCUT2D eigenvalue weighted by Crippen LogP contribution is 2.00. The monoisotopic (exact) mass is 208 g/mol. The van der Waals surface area contributed by atoms with Crippen LogP contribution >= 0.6 is 0 Å². The van der Waals surface area contributed by atoms with E-state index in [-0.39, 0.29) is 11.7 Å². The van der Waals surface area contributed by atoms with Crippen LogP contribution in [0.3, 0.4) is 0 Å². The lowest BCUT2D eigenvalue weighted by Gasteiger charge is -1.99. The highest BCUT2D eigenvalue weighted by molar-refractivity contribution is 5.92. The van der Waals surface area contributed by atoms with Crippen molar-refractivity contribution in [1.82, 2.24) is 5.43 Å². The molecule has 0 bridgehead atoms. The van der Waals surface area contributed by atoms with Crippen LogP contribution in [0.15, 0.2) is 27.9 Å². The Labute approximate surface area is 89.4 Å². The molecule has 0 aliphatic carbocycles. The summed E-state index contributed by atoms with van der Waals surface area (Å²) in [5.41, 5.74) is 3.38. The van der Waals surface area contributed by atoms with Crippen molar-refractivity contribution in [3.63, 3.8) is 0 Å². The van der Waals surface area contributed by atoms with E-state index in [0.717, 1.165) is 25.0 Å². The van der Waals surface area contributed by atoms with Crippen LogP contribution in [0.5, 0.6) is 0 Å². The van der Waals surface area contributed by atoms with Gasteiger partial charge in [-0.1, -0.05) is 13.3 Å². The van der Waals surface area contributed by atoms with Crippen molar-refractivity contribution in [3.05, 3.63) is 24.2 Å². The van der Waals surface area contributed by atoms with Gasteiger partial charge < -0.3 is 4.42 Å².